The molecule has 0 radical (unpaired) electrons. The van der Waals surface area contributed by atoms with Crippen molar-refractivity contribution in [3.63, 3.8) is 0 Å². The van der Waals surface area contributed by atoms with Crippen molar-refractivity contribution in [3.8, 4) is 5.75 Å². The maximum atomic E-state index is 5.81. The quantitative estimate of drug-likeness (QED) is 0.717. The highest BCUT2D eigenvalue weighted by Crippen LogP contribution is 2.21. The molecule has 1 aromatic rings. The summed E-state index contributed by atoms with van der Waals surface area (Å²) in [6.07, 6.45) is 1.36. The zero-order chi connectivity index (χ0) is 15.9. The SMILES string of the molecule is Cc1cccc(OCCOCCN2CC(C)CC(C)C2)c1C. The van der Waals surface area contributed by atoms with E-state index in [4.69, 9.17) is 9.47 Å². The zero-order valence-corrected chi connectivity index (χ0v) is 14.6. The van der Waals surface area contributed by atoms with E-state index in [1.54, 1.807) is 0 Å². The first kappa shape index (κ1) is 17.3. The molecule has 0 bridgehead atoms. The molecule has 1 aliphatic rings. The van der Waals surface area contributed by atoms with Gasteiger partial charge in [-0.15, -0.1) is 0 Å². The second-order valence-electron chi connectivity index (χ2n) is 6.86. The van der Waals surface area contributed by atoms with Crippen LogP contribution in [0.4, 0.5) is 0 Å². The van der Waals surface area contributed by atoms with Crippen molar-refractivity contribution in [1.82, 2.24) is 4.90 Å². The minimum Gasteiger partial charge on any atom is -0.491 e. The van der Waals surface area contributed by atoms with Crippen molar-refractivity contribution in [3.05, 3.63) is 29.3 Å². The molecule has 1 saturated heterocycles. The summed E-state index contributed by atoms with van der Waals surface area (Å²) in [6, 6.07) is 6.18. The molecule has 3 heteroatoms. The van der Waals surface area contributed by atoms with Crippen molar-refractivity contribution in [2.75, 3.05) is 39.5 Å². The van der Waals surface area contributed by atoms with Crippen LogP contribution in [0.25, 0.3) is 0 Å². The van der Waals surface area contributed by atoms with Gasteiger partial charge in [-0.05, 0) is 49.3 Å². The summed E-state index contributed by atoms with van der Waals surface area (Å²) in [5, 5.41) is 0. The van der Waals surface area contributed by atoms with Crippen LogP contribution in [-0.4, -0.2) is 44.4 Å². The van der Waals surface area contributed by atoms with Crippen LogP contribution in [0.3, 0.4) is 0 Å². The standard InChI is InChI=1S/C19H31NO2/c1-15-12-16(2)14-20(13-15)8-9-21-10-11-22-19-7-5-6-17(3)18(19)4/h5-7,15-16H,8-14H2,1-4H3. The summed E-state index contributed by atoms with van der Waals surface area (Å²) in [5.41, 5.74) is 2.49. The third kappa shape index (κ3) is 5.29. The van der Waals surface area contributed by atoms with Crippen LogP contribution >= 0.6 is 0 Å². The minimum atomic E-state index is 0.622. The average Bonchev–Trinajstić information content (AvgIpc) is 2.46. The molecule has 1 heterocycles. The molecule has 2 atom stereocenters. The predicted molar refractivity (Wildman–Crippen MR) is 91.6 cm³/mol. The Bertz CT molecular complexity index is 451. The van der Waals surface area contributed by atoms with Crippen LogP contribution in [0.5, 0.6) is 5.75 Å². The second-order valence-corrected chi connectivity index (χ2v) is 6.86. The fourth-order valence-corrected chi connectivity index (χ4v) is 3.36. The molecule has 124 valence electrons. The average molecular weight is 305 g/mol. The van der Waals surface area contributed by atoms with Crippen LogP contribution in [0.15, 0.2) is 18.2 Å². The van der Waals surface area contributed by atoms with Crippen molar-refractivity contribution in [2.24, 2.45) is 11.8 Å². The Hall–Kier alpha value is -1.06. The Morgan fingerprint density at radius 1 is 1.05 bits per heavy atom. The highest BCUT2D eigenvalue weighted by atomic mass is 16.5. The van der Waals surface area contributed by atoms with Gasteiger partial charge in [-0.2, -0.15) is 0 Å². The van der Waals surface area contributed by atoms with Gasteiger partial charge in [-0.25, -0.2) is 0 Å². The Morgan fingerprint density at radius 2 is 1.77 bits per heavy atom. The molecule has 0 aliphatic carbocycles. The van der Waals surface area contributed by atoms with Gasteiger partial charge in [-0.1, -0.05) is 26.0 Å². The number of aryl methyl sites for hydroxylation is 1. The molecule has 3 nitrogen and oxygen atoms in total. The lowest BCUT2D eigenvalue weighted by atomic mass is 9.92. The number of likely N-dealkylation sites (tertiary alicyclic amines) is 1. The fourth-order valence-electron chi connectivity index (χ4n) is 3.36. The molecule has 0 N–H and O–H groups in total. The van der Waals surface area contributed by atoms with E-state index in [9.17, 15) is 0 Å². The topological polar surface area (TPSA) is 21.7 Å². The van der Waals surface area contributed by atoms with E-state index in [1.807, 2.05) is 12.1 Å². The van der Waals surface area contributed by atoms with Gasteiger partial charge in [0.25, 0.3) is 0 Å². The van der Waals surface area contributed by atoms with Crippen molar-refractivity contribution in [2.45, 2.75) is 34.1 Å². The number of benzene rings is 1. The predicted octanol–water partition coefficient (Wildman–Crippen LogP) is 3.68. The molecule has 0 aromatic heterocycles. The van der Waals surface area contributed by atoms with Crippen molar-refractivity contribution >= 4 is 0 Å². The molecule has 1 aliphatic heterocycles. The van der Waals surface area contributed by atoms with Gasteiger partial charge in [0, 0.05) is 19.6 Å². The summed E-state index contributed by atoms with van der Waals surface area (Å²) in [5.74, 6) is 2.61. The molecule has 0 saturated carbocycles. The largest absolute Gasteiger partial charge is 0.491 e. The minimum absolute atomic E-state index is 0.622. The van der Waals surface area contributed by atoms with Crippen LogP contribution in [0.2, 0.25) is 0 Å². The summed E-state index contributed by atoms with van der Waals surface area (Å²) in [4.78, 5) is 2.53. The molecular formula is C19H31NO2. The first-order chi connectivity index (χ1) is 10.6. The number of hydrogen-bond donors (Lipinski definition) is 0. The van der Waals surface area contributed by atoms with E-state index < -0.39 is 0 Å². The number of piperidine rings is 1. The second kappa shape index (κ2) is 8.54. The van der Waals surface area contributed by atoms with Crippen LogP contribution in [0, 0.1) is 25.7 Å². The van der Waals surface area contributed by atoms with Gasteiger partial charge in [0.05, 0.1) is 13.2 Å². The van der Waals surface area contributed by atoms with Gasteiger partial charge >= 0.3 is 0 Å². The van der Waals surface area contributed by atoms with Gasteiger partial charge in [0.2, 0.25) is 0 Å². The Balaban J connectivity index is 1.59. The number of nitrogens with zero attached hydrogens (tertiary/aromatic N) is 1. The molecule has 1 fully saturated rings. The molecule has 2 unspecified atom stereocenters. The summed E-state index contributed by atoms with van der Waals surface area (Å²) < 4.78 is 11.5. The summed E-state index contributed by atoms with van der Waals surface area (Å²) in [7, 11) is 0. The van der Waals surface area contributed by atoms with E-state index in [-0.39, 0.29) is 0 Å². The first-order valence-corrected chi connectivity index (χ1v) is 8.55. The van der Waals surface area contributed by atoms with E-state index in [2.05, 4.69) is 38.7 Å². The third-order valence-electron chi connectivity index (χ3n) is 4.54. The monoisotopic (exact) mass is 305 g/mol. The highest BCUT2D eigenvalue weighted by Gasteiger charge is 2.21. The molecule has 2 rings (SSSR count). The Labute approximate surface area is 135 Å². The first-order valence-electron chi connectivity index (χ1n) is 8.55. The molecule has 22 heavy (non-hydrogen) atoms. The van der Waals surface area contributed by atoms with E-state index >= 15 is 0 Å². The number of rotatable bonds is 7. The zero-order valence-electron chi connectivity index (χ0n) is 14.6. The molecule has 1 aromatic carbocycles. The summed E-state index contributed by atoms with van der Waals surface area (Å²) in [6.45, 7) is 14.5. The maximum absolute atomic E-state index is 5.81. The highest BCUT2D eigenvalue weighted by molar-refractivity contribution is 5.38. The molecule has 0 spiro atoms. The van der Waals surface area contributed by atoms with E-state index in [0.29, 0.717) is 13.2 Å². The van der Waals surface area contributed by atoms with Gasteiger partial charge < -0.3 is 14.4 Å². The normalized spacial score (nSPS) is 22.7. The van der Waals surface area contributed by atoms with Gasteiger partial charge in [0.1, 0.15) is 12.4 Å². The maximum Gasteiger partial charge on any atom is 0.122 e. The van der Waals surface area contributed by atoms with Crippen LogP contribution in [0.1, 0.15) is 31.4 Å². The van der Waals surface area contributed by atoms with Gasteiger partial charge in [0.15, 0.2) is 0 Å². The summed E-state index contributed by atoms with van der Waals surface area (Å²) >= 11 is 0. The molecule has 0 amide bonds. The Kier molecular flexibility index (Phi) is 6.71. The van der Waals surface area contributed by atoms with E-state index in [0.717, 1.165) is 30.7 Å². The van der Waals surface area contributed by atoms with Crippen molar-refractivity contribution < 1.29 is 9.47 Å². The van der Waals surface area contributed by atoms with E-state index in [1.165, 1.54) is 30.6 Å². The van der Waals surface area contributed by atoms with Gasteiger partial charge in [-0.3, -0.25) is 0 Å². The molecular weight excluding hydrogens is 274 g/mol. The fraction of sp³-hybridized carbons (Fsp3) is 0.684. The smallest absolute Gasteiger partial charge is 0.122 e. The van der Waals surface area contributed by atoms with Crippen molar-refractivity contribution in [1.29, 1.82) is 0 Å². The number of hydrogen-bond acceptors (Lipinski definition) is 3. The third-order valence-corrected chi connectivity index (χ3v) is 4.54. The number of ether oxygens (including phenoxy) is 2. The lowest BCUT2D eigenvalue weighted by molar-refractivity contribution is 0.0594. The van der Waals surface area contributed by atoms with Crippen LogP contribution < -0.4 is 4.74 Å². The Morgan fingerprint density at radius 3 is 2.50 bits per heavy atom. The lowest BCUT2D eigenvalue weighted by Crippen LogP contribution is -2.40. The lowest BCUT2D eigenvalue weighted by Gasteiger charge is -2.34. The van der Waals surface area contributed by atoms with Crippen LogP contribution in [-0.2, 0) is 4.74 Å².